The SMILES string of the molecule is CCC(=O)NS(=O)(=O)c1ccc(NC(=O)Cc2ccc(Br)c(Oc3cc(Cl)cc(C#N)c3)c2F)c(Cl)c1.[NaH]. The number of amides is 2. The fraction of sp³-hybridized carbons (Fsp3) is 0.125. The number of nitriles is 1. The Morgan fingerprint density at radius 3 is 2.45 bits per heavy atom. The maximum absolute atomic E-state index is 15.2. The van der Waals surface area contributed by atoms with Gasteiger partial charge in [-0.1, -0.05) is 36.2 Å². The van der Waals surface area contributed by atoms with E-state index >= 15 is 4.39 Å². The zero-order valence-electron chi connectivity index (χ0n) is 18.9. The van der Waals surface area contributed by atoms with E-state index in [0.29, 0.717) is 0 Å². The number of rotatable bonds is 8. The Morgan fingerprint density at radius 1 is 1.11 bits per heavy atom. The van der Waals surface area contributed by atoms with E-state index < -0.39 is 34.1 Å². The summed E-state index contributed by atoms with van der Waals surface area (Å²) in [5, 5.41) is 11.7. The van der Waals surface area contributed by atoms with Crippen LogP contribution in [-0.4, -0.2) is 49.8 Å². The summed E-state index contributed by atoms with van der Waals surface area (Å²) in [5.74, 6) is -2.23. The Kier molecular flexibility index (Phi) is 11.6. The first-order valence-corrected chi connectivity index (χ1v) is 13.5. The predicted molar refractivity (Wildman–Crippen MR) is 147 cm³/mol. The number of halogens is 4. The molecule has 2 N–H and O–H groups in total. The van der Waals surface area contributed by atoms with Crippen LogP contribution in [0.15, 0.2) is 57.9 Å². The summed E-state index contributed by atoms with van der Waals surface area (Å²) in [4.78, 5) is 23.8. The van der Waals surface area contributed by atoms with Crippen LogP contribution in [0.25, 0.3) is 0 Å². The second-order valence-corrected chi connectivity index (χ2v) is 10.9. The average molecular weight is 653 g/mol. The molecule has 3 rings (SSSR count). The second-order valence-electron chi connectivity index (χ2n) is 7.49. The van der Waals surface area contributed by atoms with Crippen LogP contribution in [0.2, 0.25) is 10.0 Å². The summed E-state index contributed by atoms with van der Waals surface area (Å²) >= 11 is 15.3. The van der Waals surface area contributed by atoms with Gasteiger partial charge in [0, 0.05) is 17.0 Å². The fourth-order valence-corrected chi connectivity index (χ4v) is 5.01. The van der Waals surface area contributed by atoms with E-state index in [-0.39, 0.29) is 83.7 Å². The van der Waals surface area contributed by atoms with Crippen molar-refractivity contribution in [2.45, 2.75) is 24.7 Å². The van der Waals surface area contributed by atoms with Crippen LogP contribution in [0.1, 0.15) is 24.5 Å². The van der Waals surface area contributed by atoms with Gasteiger partial charge in [-0.15, -0.1) is 0 Å². The van der Waals surface area contributed by atoms with Crippen LogP contribution in [0.5, 0.6) is 11.5 Å². The molecule has 3 aromatic rings. The summed E-state index contributed by atoms with van der Waals surface area (Å²) < 4.78 is 47.5. The van der Waals surface area contributed by atoms with Crippen molar-refractivity contribution in [3.8, 4) is 17.6 Å². The first kappa shape index (κ1) is 32.0. The summed E-state index contributed by atoms with van der Waals surface area (Å²) in [5.41, 5.74) is 0.304. The number of carbonyl (C=O) groups is 2. The number of anilines is 1. The van der Waals surface area contributed by atoms with E-state index in [1.54, 1.807) is 0 Å². The molecule has 0 bridgehead atoms. The molecule has 0 saturated carbocycles. The molecule has 0 aromatic heterocycles. The van der Waals surface area contributed by atoms with Crippen LogP contribution < -0.4 is 14.8 Å². The van der Waals surface area contributed by atoms with E-state index in [0.717, 1.165) is 6.07 Å². The Hall–Kier alpha value is -2.17. The van der Waals surface area contributed by atoms with Crippen LogP contribution in [0.4, 0.5) is 10.1 Å². The molecule has 0 atom stereocenters. The van der Waals surface area contributed by atoms with Crippen LogP contribution in [-0.2, 0) is 26.0 Å². The molecule has 0 unspecified atom stereocenters. The third-order valence-corrected chi connectivity index (χ3v) is 7.32. The number of nitrogens with zero attached hydrogens (tertiary/aromatic N) is 1. The first-order chi connectivity index (χ1) is 17.4. The number of sulfonamides is 1. The van der Waals surface area contributed by atoms with Crippen molar-refractivity contribution in [3.05, 3.63) is 80.0 Å². The fourth-order valence-electron chi connectivity index (χ4n) is 3.02. The number of nitrogens with one attached hydrogen (secondary N) is 2. The average Bonchev–Trinajstić information content (AvgIpc) is 2.84. The number of ether oxygens (including phenoxy) is 1. The summed E-state index contributed by atoms with van der Waals surface area (Å²) in [7, 11) is -4.13. The second kappa shape index (κ2) is 13.8. The van der Waals surface area contributed by atoms with Crippen molar-refractivity contribution in [2.24, 2.45) is 0 Å². The predicted octanol–water partition coefficient (Wildman–Crippen LogP) is 5.31. The molecule has 14 heteroatoms. The van der Waals surface area contributed by atoms with Gasteiger partial charge in [-0.05, 0) is 58.4 Å². The molecule has 0 radical (unpaired) electrons. The van der Waals surface area contributed by atoms with Gasteiger partial charge in [-0.2, -0.15) is 5.26 Å². The van der Waals surface area contributed by atoms with Gasteiger partial charge >= 0.3 is 29.6 Å². The number of benzene rings is 3. The van der Waals surface area contributed by atoms with E-state index in [4.69, 9.17) is 33.2 Å². The van der Waals surface area contributed by atoms with Crippen molar-refractivity contribution < 1.29 is 27.1 Å². The minimum absolute atomic E-state index is 0. The van der Waals surface area contributed by atoms with Gasteiger partial charge in [0.1, 0.15) is 5.75 Å². The van der Waals surface area contributed by atoms with E-state index in [1.165, 1.54) is 49.4 Å². The van der Waals surface area contributed by atoms with Gasteiger partial charge in [-0.25, -0.2) is 17.5 Å². The molecule has 0 spiro atoms. The summed E-state index contributed by atoms with van der Waals surface area (Å²) in [6.07, 6.45) is -0.433. The van der Waals surface area contributed by atoms with Crippen molar-refractivity contribution in [1.82, 2.24) is 4.72 Å². The number of hydrogen-bond donors (Lipinski definition) is 2. The Bertz CT molecular complexity index is 1550. The number of hydrogen-bond acceptors (Lipinski definition) is 6. The zero-order valence-corrected chi connectivity index (χ0v) is 22.9. The molecular weight excluding hydrogens is 635 g/mol. The van der Waals surface area contributed by atoms with Crippen molar-refractivity contribution in [3.63, 3.8) is 0 Å². The molecule has 0 fully saturated rings. The van der Waals surface area contributed by atoms with Crippen LogP contribution >= 0.6 is 39.1 Å². The van der Waals surface area contributed by atoms with E-state index in [1.807, 2.05) is 10.8 Å². The monoisotopic (exact) mass is 651 g/mol. The Balaban J connectivity index is 0.00000507. The van der Waals surface area contributed by atoms with Gasteiger partial charge in [0.2, 0.25) is 11.8 Å². The van der Waals surface area contributed by atoms with Gasteiger partial charge in [0.15, 0.2) is 11.6 Å². The van der Waals surface area contributed by atoms with Crippen LogP contribution in [0, 0.1) is 17.1 Å². The third-order valence-electron chi connectivity index (χ3n) is 4.79. The number of carbonyl (C=O) groups excluding carboxylic acids is 2. The molecule has 0 aliphatic rings. The van der Waals surface area contributed by atoms with Crippen molar-refractivity contribution >= 4 is 96.2 Å². The van der Waals surface area contributed by atoms with Crippen molar-refractivity contribution in [1.29, 1.82) is 5.26 Å². The molecule has 0 heterocycles. The van der Waals surface area contributed by atoms with Gasteiger partial charge < -0.3 is 10.1 Å². The summed E-state index contributed by atoms with van der Waals surface area (Å²) in [6, 6.07) is 12.5. The Morgan fingerprint density at radius 2 is 1.82 bits per heavy atom. The topological polar surface area (TPSA) is 125 Å². The molecule has 0 saturated heterocycles. The molecule has 2 amide bonds. The molecule has 0 aliphatic heterocycles. The van der Waals surface area contributed by atoms with Crippen molar-refractivity contribution in [2.75, 3.05) is 5.32 Å². The molecule has 8 nitrogen and oxygen atoms in total. The normalized spacial score (nSPS) is 10.6. The zero-order chi connectivity index (χ0) is 27.3. The minimum atomic E-state index is -4.13. The molecular formula is C24H18BrCl2FN3NaO5S. The third kappa shape index (κ3) is 8.16. The first-order valence-electron chi connectivity index (χ1n) is 10.4. The summed E-state index contributed by atoms with van der Waals surface area (Å²) in [6.45, 7) is 1.50. The molecule has 0 aliphatic carbocycles. The van der Waals surface area contributed by atoms with E-state index in [2.05, 4.69) is 21.2 Å². The van der Waals surface area contributed by atoms with Gasteiger partial charge in [-0.3, -0.25) is 9.59 Å². The molecule has 3 aromatic carbocycles. The maximum atomic E-state index is 15.2. The van der Waals surface area contributed by atoms with Gasteiger partial charge in [0.05, 0.1) is 38.1 Å². The standard InChI is InChI=1S/C24H17BrCl2FN3O5S.Na.H/c1-2-21(32)31-37(34,35)17-4-6-20(19(27)11-17)30-22(33)9-14-3-5-18(25)24(23(14)28)36-16-8-13(12-29)7-15(26)10-16;;/h3-8,10-11H,2,9H2,1H3,(H,30,33)(H,31,32);;. The van der Waals surface area contributed by atoms with E-state index in [9.17, 15) is 18.0 Å². The van der Waals surface area contributed by atoms with Gasteiger partial charge in [0.25, 0.3) is 10.0 Å². The Labute approximate surface area is 258 Å². The quantitative estimate of drug-likeness (QED) is 0.318. The van der Waals surface area contributed by atoms with Crippen LogP contribution in [0.3, 0.4) is 0 Å². The molecule has 38 heavy (non-hydrogen) atoms. The molecule has 194 valence electrons.